The standard InChI is InChI=1S/C18H13ClFN5O4S/c1-24-15-13(16(27)25(2)18(24)28)11(29-23-15)6-12(26)22-17-21-10(7-30-17)8-4-3-5-9(19)14(8)20/h3-5,7H,6H2,1-2H3,(H,21,22,26). The van der Waals surface area contributed by atoms with E-state index in [4.69, 9.17) is 16.1 Å². The lowest BCUT2D eigenvalue weighted by molar-refractivity contribution is -0.115. The number of carbonyl (C=O) groups excluding carboxylic acids is 1. The first-order valence-electron chi connectivity index (χ1n) is 8.52. The van der Waals surface area contributed by atoms with Crippen molar-refractivity contribution in [2.75, 3.05) is 5.32 Å². The van der Waals surface area contributed by atoms with Crippen LogP contribution in [0.2, 0.25) is 5.02 Å². The van der Waals surface area contributed by atoms with Crippen LogP contribution in [-0.4, -0.2) is 25.2 Å². The number of amides is 1. The summed E-state index contributed by atoms with van der Waals surface area (Å²) >= 11 is 6.90. The number of aromatic nitrogens is 4. The molecule has 3 aromatic heterocycles. The van der Waals surface area contributed by atoms with Gasteiger partial charge in [0, 0.05) is 25.0 Å². The maximum absolute atomic E-state index is 14.2. The zero-order chi connectivity index (χ0) is 21.6. The predicted molar refractivity (Wildman–Crippen MR) is 109 cm³/mol. The van der Waals surface area contributed by atoms with Crippen LogP contribution in [0.25, 0.3) is 22.3 Å². The SMILES string of the molecule is Cn1c(=O)c2c(CC(=O)Nc3nc(-c4cccc(Cl)c4F)cs3)onc2n(C)c1=O. The van der Waals surface area contributed by atoms with Crippen LogP contribution in [0.5, 0.6) is 0 Å². The van der Waals surface area contributed by atoms with Gasteiger partial charge in [-0.25, -0.2) is 14.2 Å². The number of hydrogen-bond donors (Lipinski definition) is 1. The van der Waals surface area contributed by atoms with E-state index in [1.54, 1.807) is 11.4 Å². The van der Waals surface area contributed by atoms with Gasteiger partial charge in [0.1, 0.15) is 5.39 Å². The number of aryl methyl sites for hydroxylation is 1. The van der Waals surface area contributed by atoms with E-state index >= 15 is 0 Å². The molecule has 9 nitrogen and oxygen atoms in total. The molecule has 4 rings (SSSR count). The van der Waals surface area contributed by atoms with Crippen LogP contribution in [0.1, 0.15) is 5.76 Å². The molecular weight excluding hydrogens is 437 g/mol. The van der Waals surface area contributed by atoms with Gasteiger partial charge in [-0.15, -0.1) is 11.3 Å². The number of carbonyl (C=O) groups is 1. The maximum atomic E-state index is 14.2. The molecule has 0 spiro atoms. The maximum Gasteiger partial charge on any atom is 0.332 e. The molecule has 0 aliphatic carbocycles. The first kappa shape index (κ1) is 20.0. The third kappa shape index (κ3) is 3.31. The highest BCUT2D eigenvalue weighted by Gasteiger charge is 2.21. The fourth-order valence-corrected chi connectivity index (χ4v) is 3.82. The number of thiazole rings is 1. The van der Waals surface area contributed by atoms with E-state index in [-0.39, 0.29) is 38.9 Å². The van der Waals surface area contributed by atoms with Crippen LogP contribution < -0.4 is 16.6 Å². The molecule has 1 amide bonds. The highest BCUT2D eigenvalue weighted by atomic mass is 35.5. The second-order valence-electron chi connectivity index (χ2n) is 6.37. The Kier molecular flexibility index (Phi) is 5.00. The van der Waals surface area contributed by atoms with Gasteiger partial charge in [0.15, 0.2) is 22.4 Å². The van der Waals surface area contributed by atoms with Gasteiger partial charge in [0.05, 0.1) is 17.1 Å². The molecule has 1 aromatic carbocycles. The van der Waals surface area contributed by atoms with Gasteiger partial charge < -0.3 is 9.84 Å². The van der Waals surface area contributed by atoms with Crippen molar-refractivity contribution in [1.82, 2.24) is 19.3 Å². The van der Waals surface area contributed by atoms with Crippen molar-refractivity contribution in [3.8, 4) is 11.3 Å². The Hall–Kier alpha value is -3.31. The molecule has 1 N–H and O–H groups in total. The first-order chi connectivity index (χ1) is 14.3. The zero-order valence-corrected chi connectivity index (χ0v) is 17.2. The molecule has 0 aliphatic rings. The summed E-state index contributed by atoms with van der Waals surface area (Å²) in [5, 5.41) is 8.15. The van der Waals surface area contributed by atoms with Gasteiger partial charge in [0.2, 0.25) is 5.91 Å². The van der Waals surface area contributed by atoms with Gasteiger partial charge in [0.25, 0.3) is 5.56 Å². The van der Waals surface area contributed by atoms with Crippen molar-refractivity contribution in [3.05, 3.63) is 61.0 Å². The highest BCUT2D eigenvalue weighted by molar-refractivity contribution is 7.14. The monoisotopic (exact) mass is 449 g/mol. The fourth-order valence-electron chi connectivity index (χ4n) is 2.91. The Morgan fingerprint density at radius 1 is 1.30 bits per heavy atom. The third-order valence-corrected chi connectivity index (χ3v) is 5.50. The van der Waals surface area contributed by atoms with Crippen LogP contribution in [0.4, 0.5) is 9.52 Å². The molecule has 0 atom stereocenters. The summed E-state index contributed by atoms with van der Waals surface area (Å²) in [4.78, 5) is 41.0. The number of nitrogens with one attached hydrogen (secondary N) is 1. The van der Waals surface area contributed by atoms with Crippen LogP contribution >= 0.6 is 22.9 Å². The summed E-state index contributed by atoms with van der Waals surface area (Å²) in [6.07, 6.45) is -0.301. The minimum atomic E-state index is -0.606. The average Bonchev–Trinajstić information content (AvgIpc) is 3.34. The highest BCUT2D eigenvalue weighted by Crippen LogP contribution is 2.30. The smallest absolute Gasteiger partial charge is 0.332 e. The number of benzene rings is 1. The lowest BCUT2D eigenvalue weighted by atomic mass is 10.1. The molecule has 0 aliphatic heterocycles. The number of anilines is 1. The number of nitrogens with zero attached hydrogens (tertiary/aromatic N) is 4. The topological polar surface area (TPSA) is 112 Å². The van der Waals surface area contributed by atoms with Crippen molar-refractivity contribution in [1.29, 1.82) is 0 Å². The molecular formula is C18H13ClFN5O4S. The van der Waals surface area contributed by atoms with E-state index in [0.717, 1.165) is 20.5 Å². The fraction of sp³-hybridized carbons (Fsp3) is 0.167. The van der Waals surface area contributed by atoms with Crippen molar-refractivity contribution >= 4 is 45.0 Å². The minimum absolute atomic E-state index is 0.0244. The summed E-state index contributed by atoms with van der Waals surface area (Å²) in [5.41, 5.74) is -0.571. The molecule has 0 saturated carbocycles. The molecule has 0 unspecified atom stereocenters. The number of rotatable bonds is 4. The molecule has 0 fully saturated rings. The van der Waals surface area contributed by atoms with Crippen LogP contribution in [0.3, 0.4) is 0 Å². The molecule has 154 valence electrons. The minimum Gasteiger partial charge on any atom is -0.358 e. The molecule has 3 heterocycles. The quantitative estimate of drug-likeness (QED) is 0.511. The summed E-state index contributed by atoms with van der Waals surface area (Å²) in [6.45, 7) is 0. The zero-order valence-electron chi connectivity index (χ0n) is 15.6. The van der Waals surface area contributed by atoms with Crippen molar-refractivity contribution in [2.45, 2.75) is 6.42 Å². The Labute approximate surface area is 176 Å². The third-order valence-electron chi connectivity index (χ3n) is 4.45. The van der Waals surface area contributed by atoms with E-state index < -0.39 is 23.0 Å². The molecule has 30 heavy (non-hydrogen) atoms. The molecule has 12 heteroatoms. The van der Waals surface area contributed by atoms with Crippen LogP contribution in [-0.2, 0) is 25.3 Å². The predicted octanol–water partition coefficient (Wildman–Crippen LogP) is 2.32. The largest absolute Gasteiger partial charge is 0.358 e. The number of halogens is 2. The van der Waals surface area contributed by atoms with E-state index in [1.165, 1.54) is 26.2 Å². The summed E-state index contributed by atoms with van der Waals surface area (Å²) in [5.74, 6) is -1.09. The summed E-state index contributed by atoms with van der Waals surface area (Å²) in [6, 6.07) is 4.56. The lowest BCUT2D eigenvalue weighted by Gasteiger charge is -2.03. The van der Waals surface area contributed by atoms with Crippen molar-refractivity contribution < 1.29 is 13.7 Å². The van der Waals surface area contributed by atoms with E-state index in [0.29, 0.717) is 5.69 Å². The normalized spacial score (nSPS) is 11.2. The van der Waals surface area contributed by atoms with Gasteiger partial charge in [-0.3, -0.25) is 18.7 Å². The van der Waals surface area contributed by atoms with E-state index in [1.807, 2.05) is 0 Å². The first-order valence-corrected chi connectivity index (χ1v) is 9.77. The Balaban J connectivity index is 1.58. The second-order valence-corrected chi connectivity index (χ2v) is 7.64. The Morgan fingerprint density at radius 2 is 2.07 bits per heavy atom. The van der Waals surface area contributed by atoms with E-state index in [9.17, 15) is 18.8 Å². The summed E-state index contributed by atoms with van der Waals surface area (Å²) < 4.78 is 21.4. The van der Waals surface area contributed by atoms with Gasteiger partial charge >= 0.3 is 5.69 Å². The lowest BCUT2D eigenvalue weighted by Crippen LogP contribution is -2.37. The van der Waals surface area contributed by atoms with Crippen molar-refractivity contribution in [3.63, 3.8) is 0 Å². The number of hydrogen-bond acceptors (Lipinski definition) is 7. The summed E-state index contributed by atoms with van der Waals surface area (Å²) in [7, 11) is 2.77. The van der Waals surface area contributed by atoms with Gasteiger partial charge in [-0.05, 0) is 12.1 Å². The Morgan fingerprint density at radius 3 is 2.83 bits per heavy atom. The average molecular weight is 450 g/mol. The molecule has 4 aromatic rings. The molecule has 0 bridgehead atoms. The van der Waals surface area contributed by atoms with Crippen LogP contribution in [0, 0.1) is 5.82 Å². The number of fused-ring (bicyclic) bond motifs is 1. The molecule has 0 saturated heterocycles. The Bertz CT molecular complexity index is 1420. The second kappa shape index (κ2) is 7.50. The van der Waals surface area contributed by atoms with Crippen molar-refractivity contribution in [2.24, 2.45) is 14.1 Å². The molecule has 0 radical (unpaired) electrons. The van der Waals surface area contributed by atoms with Crippen LogP contribution in [0.15, 0.2) is 37.7 Å². The van der Waals surface area contributed by atoms with Gasteiger partial charge in [-0.2, -0.15) is 0 Å². The van der Waals surface area contributed by atoms with E-state index in [2.05, 4.69) is 15.5 Å². The van der Waals surface area contributed by atoms with Gasteiger partial charge in [-0.1, -0.05) is 22.8 Å².